The molecular formula is C24H26O2. The molecule has 134 valence electrons. The number of fused-ring (bicyclic) bond motifs is 2. The van der Waals surface area contributed by atoms with Crippen LogP contribution in [0.1, 0.15) is 22.3 Å². The standard InChI is InChI=1S/C24H26O2/c1-7-9-19-21(25-5)13-11-17-15(3)18-12-14-22(26-6)20(10-8-2)24(18)16(4)23(17)19/h7-8,11-14H,1-2,9-10H2,3-6H3. The molecule has 0 aliphatic rings. The van der Waals surface area contributed by atoms with Crippen LogP contribution in [-0.2, 0) is 12.8 Å². The van der Waals surface area contributed by atoms with E-state index in [1.54, 1.807) is 14.2 Å². The molecule has 3 aromatic carbocycles. The Morgan fingerprint density at radius 1 is 0.731 bits per heavy atom. The minimum Gasteiger partial charge on any atom is -0.496 e. The molecule has 2 nitrogen and oxygen atoms in total. The van der Waals surface area contributed by atoms with Crippen LogP contribution in [0.3, 0.4) is 0 Å². The summed E-state index contributed by atoms with van der Waals surface area (Å²) in [6.45, 7) is 12.3. The number of hydrogen-bond acceptors (Lipinski definition) is 2. The van der Waals surface area contributed by atoms with Crippen molar-refractivity contribution < 1.29 is 9.47 Å². The molecule has 0 radical (unpaired) electrons. The molecule has 0 N–H and O–H groups in total. The molecule has 0 aliphatic heterocycles. The number of methoxy groups -OCH3 is 2. The normalized spacial score (nSPS) is 10.9. The van der Waals surface area contributed by atoms with Crippen LogP contribution in [0.4, 0.5) is 0 Å². The van der Waals surface area contributed by atoms with E-state index in [1.807, 2.05) is 12.2 Å². The predicted octanol–water partition coefficient (Wildman–Crippen LogP) is 6.08. The van der Waals surface area contributed by atoms with Crippen molar-refractivity contribution in [2.24, 2.45) is 0 Å². The molecule has 0 aromatic heterocycles. The minimum absolute atomic E-state index is 0.771. The van der Waals surface area contributed by atoms with Crippen LogP contribution in [0.5, 0.6) is 11.5 Å². The van der Waals surface area contributed by atoms with Crippen LogP contribution < -0.4 is 9.47 Å². The van der Waals surface area contributed by atoms with Gasteiger partial charge >= 0.3 is 0 Å². The van der Waals surface area contributed by atoms with E-state index in [0.29, 0.717) is 0 Å². The number of rotatable bonds is 6. The molecular weight excluding hydrogens is 320 g/mol. The van der Waals surface area contributed by atoms with E-state index in [1.165, 1.54) is 43.8 Å². The van der Waals surface area contributed by atoms with Gasteiger partial charge in [-0.3, -0.25) is 0 Å². The molecule has 0 fully saturated rings. The first-order valence-electron chi connectivity index (χ1n) is 8.89. The maximum atomic E-state index is 5.65. The van der Waals surface area contributed by atoms with E-state index < -0.39 is 0 Å². The Labute approximate surface area is 155 Å². The van der Waals surface area contributed by atoms with Crippen molar-refractivity contribution in [3.05, 3.63) is 71.8 Å². The van der Waals surface area contributed by atoms with E-state index in [2.05, 4.69) is 51.3 Å². The number of allylic oxidation sites excluding steroid dienone is 2. The second-order valence-electron chi connectivity index (χ2n) is 6.57. The van der Waals surface area contributed by atoms with Gasteiger partial charge in [0.05, 0.1) is 14.2 Å². The summed E-state index contributed by atoms with van der Waals surface area (Å²) in [4.78, 5) is 0. The number of aryl methyl sites for hydroxylation is 2. The SMILES string of the molecule is C=CCc1c(OC)ccc2c(C)c3ccc(OC)c(CC=C)c3c(C)c12. The summed E-state index contributed by atoms with van der Waals surface area (Å²) in [6.07, 6.45) is 5.42. The summed E-state index contributed by atoms with van der Waals surface area (Å²) in [5.41, 5.74) is 4.92. The zero-order chi connectivity index (χ0) is 18.8. The minimum atomic E-state index is 0.771. The Hall–Kier alpha value is -2.74. The molecule has 0 heterocycles. The lowest BCUT2D eigenvalue weighted by atomic mass is 9.86. The molecule has 0 saturated carbocycles. The molecule has 3 aromatic rings. The Bertz CT molecular complexity index is 933. The lowest BCUT2D eigenvalue weighted by molar-refractivity contribution is 0.411. The smallest absolute Gasteiger partial charge is 0.123 e. The zero-order valence-corrected chi connectivity index (χ0v) is 16.1. The van der Waals surface area contributed by atoms with Crippen molar-refractivity contribution in [3.8, 4) is 11.5 Å². The topological polar surface area (TPSA) is 18.5 Å². The van der Waals surface area contributed by atoms with E-state index >= 15 is 0 Å². The van der Waals surface area contributed by atoms with E-state index in [0.717, 1.165) is 24.3 Å². The Morgan fingerprint density at radius 2 is 1.15 bits per heavy atom. The highest BCUT2D eigenvalue weighted by atomic mass is 16.5. The summed E-state index contributed by atoms with van der Waals surface area (Å²) < 4.78 is 11.3. The van der Waals surface area contributed by atoms with Gasteiger partial charge in [0.2, 0.25) is 0 Å². The number of benzene rings is 3. The molecule has 2 heteroatoms. The fourth-order valence-corrected chi connectivity index (χ4v) is 4.09. The fourth-order valence-electron chi connectivity index (χ4n) is 4.09. The van der Waals surface area contributed by atoms with Crippen molar-refractivity contribution in [3.63, 3.8) is 0 Å². The highest BCUT2D eigenvalue weighted by molar-refractivity contribution is 6.09. The van der Waals surface area contributed by atoms with Gasteiger partial charge in [-0.05, 0) is 71.5 Å². The largest absolute Gasteiger partial charge is 0.496 e. The Morgan fingerprint density at radius 3 is 1.50 bits per heavy atom. The predicted molar refractivity (Wildman–Crippen MR) is 112 cm³/mol. The van der Waals surface area contributed by atoms with Crippen molar-refractivity contribution in [1.82, 2.24) is 0 Å². The molecule has 0 aliphatic carbocycles. The van der Waals surface area contributed by atoms with Crippen LogP contribution >= 0.6 is 0 Å². The lowest BCUT2D eigenvalue weighted by Crippen LogP contribution is -2.00. The molecule has 0 unspecified atom stereocenters. The van der Waals surface area contributed by atoms with Crippen molar-refractivity contribution in [1.29, 1.82) is 0 Å². The summed E-state index contributed by atoms with van der Waals surface area (Å²) in [7, 11) is 3.45. The summed E-state index contributed by atoms with van der Waals surface area (Å²) in [6, 6.07) is 8.46. The third-order valence-electron chi connectivity index (χ3n) is 5.23. The average molecular weight is 346 g/mol. The van der Waals surface area contributed by atoms with Gasteiger partial charge in [-0.25, -0.2) is 0 Å². The van der Waals surface area contributed by atoms with Crippen molar-refractivity contribution in [2.75, 3.05) is 14.2 Å². The molecule has 0 spiro atoms. The monoisotopic (exact) mass is 346 g/mol. The van der Waals surface area contributed by atoms with Crippen LogP contribution in [0.15, 0.2) is 49.6 Å². The zero-order valence-electron chi connectivity index (χ0n) is 16.1. The Balaban J connectivity index is 2.58. The van der Waals surface area contributed by atoms with E-state index in [4.69, 9.17) is 9.47 Å². The summed E-state index contributed by atoms with van der Waals surface area (Å²) >= 11 is 0. The molecule has 0 bridgehead atoms. The van der Waals surface area contributed by atoms with Crippen molar-refractivity contribution >= 4 is 21.5 Å². The highest BCUT2D eigenvalue weighted by Gasteiger charge is 2.18. The van der Waals surface area contributed by atoms with Crippen LogP contribution in [-0.4, -0.2) is 14.2 Å². The third-order valence-corrected chi connectivity index (χ3v) is 5.23. The highest BCUT2D eigenvalue weighted by Crippen LogP contribution is 2.41. The maximum Gasteiger partial charge on any atom is 0.123 e. The molecule has 0 atom stereocenters. The van der Waals surface area contributed by atoms with Gasteiger partial charge in [0.15, 0.2) is 0 Å². The number of hydrogen-bond donors (Lipinski definition) is 0. The molecule has 0 amide bonds. The van der Waals surface area contributed by atoms with Gasteiger partial charge < -0.3 is 9.47 Å². The van der Waals surface area contributed by atoms with E-state index in [9.17, 15) is 0 Å². The first kappa shape index (κ1) is 18.1. The lowest BCUT2D eigenvalue weighted by Gasteiger charge is -2.20. The second-order valence-corrected chi connectivity index (χ2v) is 6.57. The number of ether oxygens (including phenoxy) is 2. The van der Waals surface area contributed by atoms with Gasteiger partial charge in [0, 0.05) is 11.1 Å². The maximum absolute atomic E-state index is 5.65. The second kappa shape index (κ2) is 7.25. The fraction of sp³-hybridized carbons (Fsp3) is 0.250. The third kappa shape index (κ3) is 2.66. The molecule has 0 saturated heterocycles. The van der Waals surface area contributed by atoms with Crippen LogP contribution in [0.2, 0.25) is 0 Å². The van der Waals surface area contributed by atoms with Gasteiger partial charge in [0.1, 0.15) is 11.5 Å². The first-order chi connectivity index (χ1) is 12.6. The Kier molecular flexibility index (Phi) is 5.03. The molecule has 26 heavy (non-hydrogen) atoms. The van der Waals surface area contributed by atoms with Gasteiger partial charge in [-0.2, -0.15) is 0 Å². The quantitative estimate of drug-likeness (QED) is 0.397. The van der Waals surface area contributed by atoms with E-state index in [-0.39, 0.29) is 0 Å². The van der Waals surface area contributed by atoms with Gasteiger partial charge in [-0.1, -0.05) is 24.3 Å². The van der Waals surface area contributed by atoms with Crippen molar-refractivity contribution in [2.45, 2.75) is 26.7 Å². The van der Waals surface area contributed by atoms with Gasteiger partial charge in [-0.15, -0.1) is 13.2 Å². The summed E-state index contributed by atoms with van der Waals surface area (Å²) in [5.74, 6) is 1.82. The first-order valence-corrected chi connectivity index (χ1v) is 8.89. The summed E-state index contributed by atoms with van der Waals surface area (Å²) in [5, 5.41) is 5.05. The molecule has 3 rings (SSSR count). The van der Waals surface area contributed by atoms with Crippen LogP contribution in [0.25, 0.3) is 21.5 Å². The van der Waals surface area contributed by atoms with Gasteiger partial charge in [0.25, 0.3) is 0 Å². The van der Waals surface area contributed by atoms with Crippen LogP contribution in [0, 0.1) is 13.8 Å². The average Bonchev–Trinajstić information content (AvgIpc) is 2.66.